The van der Waals surface area contributed by atoms with Gasteiger partial charge in [-0.3, -0.25) is 9.59 Å². The summed E-state index contributed by atoms with van der Waals surface area (Å²) in [5.74, 6) is 0.970. The van der Waals surface area contributed by atoms with E-state index < -0.39 is 36.3 Å². The molecule has 4 bridgehead atoms. The van der Waals surface area contributed by atoms with E-state index in [0.717, 1.165) is 43.2 Å². The van der Waals surface area contributed by atoms with Crippen molar-refractivity contribution in [1.82, 2.24) is 10.6 Å². The Morgan fingerprint density at radius 2 is 1.47 bits per heavy atom. The number of carbonyl (C=O) groups excluding carboxylic acids is 4. The zero-order valence-electron chi connectivity index (χ0n) is 34.4. The Morgan fingerprint density at radius 3 is 2.14 bits per heavy atom. The van der Waals surface area contributed by atoms with Gasteiger partial charge < -0.3 is 49.5 Å². The average molecular weight is 806 g/mol. The highest BCUT2D eigenvalue weighted by Gasteiger charge is 2.60. The lowest BCUT2D eigenvalue weighted by Crippen LogP contribution is -2.65. The van der Waals surface area contributed by atoms with Crippen molar-refractivity contribution in [3.63, 3.8) is 0 Å². The van der Waals surface area contributed by atoms with Crippen LogP contribution >= 0.6 is 0 Å². The predicted molar refractivity (Wildman–Crippen MR) is 212 cm³/mol. The number of nitrogens with two attached hydrogens (primary N) is 1. The van der Waals surface area contributed by atoms with Crippen LogP contribution < -0.4 is 35.3 Å². The van der Waals surface area contributed by atoms with Crippen LogP contribution in [0.1, 0.15) is 89.2 Å². The number of rotatable bonds is 14. The molecule has 5 saturated carbocycles. The molecule has 2 aromatic carbocycles. The van der Waals surface area contributed by atoms with Gasteiger partial charge in [0.2, 0.25) is 0 Å². The van der Waals surface area contributed by atoms with Gasteiger partial charge >= 0.3 is 24.1 Å². The third-order valence-electron chi connectivity index (χ3n) is 13.1. The summed E-state index contributed by atoms with van der Waals surface area (Å²) in [4.78, 5) is 52.2. The summed E-state index contributed by atoms with van der Waals surface area (Å²) in [6, 6.07) is 9.20. The van der Waals surface area contributed by atoms with E-state index in [1.54, 1.807) is 32.4 Å². The van der Waals surface area contributed by atoms with Gasteiger partial charge in [-0.25, -0.2) is 9.59 Å². The summed E-state index contributed by atoms with van der Waals surface area (Å²) in [5.41, 5.74) is 8.15. The first kappa shape index (κ1) is 41.4. The highest BCUT2D eigenvalue weighted by atomic mass is 16.6. The molecule has 316 valence electrons. The zero-order chi connectivity index (χ0) is 41.2. The van der Waals surface area contributed by atoms with Crippen molar-refractivity contribution >= 4 is 24.1 Å². The van der Waals surface area contributed by atoms with Crippen molar-refractivity contribution < 1.29 is 52.3 Å². The fraction of sp³-hybridized carbons (Fsp3) is 0.636. The minimum atomic E-state index is -1.18. The Hall–Kier alpha value is -4.72. The van der Waals surface area contributed by atoms with Gasteiger partial charge in [0.05, 0.1) is 39.9 Å². The molecule has 2 unspecified atom stereocenters. The molecule has 1 saturated heterocycles. The van der Waals surface area contributed by atoms with Gasteiger partial charge in [0, 0.05) is 11.5 Å². The molecule has 14 heteroatoms. The van der Waals surface area contributed by atoms with Crippen LogP contribution in [0, 0.1) is 28.6 Å². The number of cyclic esters (lactones) is 1. The molecule has 14 nitrogen and oxygen atoms in total. The third kappa shape index (κ3) is 9.27. The van der Waals surface area contributed by atoms with Crippen LogP contribution in [0.4, 0.5) is 9.59 Å². The smallest absolute Gasteiger partial charge is 0.413 e. The molecular weight excluding hydrogens is 746 g/mol. The fourth-order valence-corrected chi connectivity index (χ4v) is 11.5. The van der Waals surface area contributed by atoms with Gasteiger partial charge in [0.1, 0.15) is 18.8 Å². The molecule has 1 heterocycles. The first-order valence-electron chi connectivity index (χ1n) is 20.6. The predicted octanol–water partition coefficient (Wildman–Crippen LogP) is 6.03. The Bertz CT molecular complexity index is 1850. The van der Waals surface area contributed by atoms with E-state index in [-0.39, 0.29) is 46.5 Å². The second kappa shape index (κ2) is 16.9. The lowest BCUT2D eigenvalue weighted by Gasteiger charge is -2.65. The highest BCUT2D eigenvalue weighted by molar-refractivity contribution is 5.77. The number of ether oxygens (including phenoxy) is 7. The van der Waals surface area contributed by atoms with Gasteiger partial charge in [-0.05, 0) is 123 Å². The number of amides is 2. The quantitative estimate of drug-likeness (QED) is 0.149. The van der Waals surface area contributed by atoms with Crippen molar-refractivity contribution in [3.8, 4) is 23.0 Å². The molecule has 4 N–H and O–H groups in total. The lowest BCUT2D eigenvalue weighted by molar-refractivity contribution is -0.154. The average Bonchev–Trinajstić information content (AvgIpc) is 3.50. The first-order valence-corrected chi connectivity index (χ1v) is 20.6. The molecule has 7 atom stereocenters. The minimum Gasteiger partial charge on any atom is -0.493 e. The van der Waals surface area contributed by atoms with Crippen molar-refractivity contribution in [2.75, 3.05) is 34.5 Å². The van der Waals surface area contributed by atoms with Crippen molar-refractivity contribution in [3.05, 3.63) is 47.5 Å². The van der Waals surface area contributed by atoms with E-state index in [1.165, 1.54) is 26.4 Å². The number of esters is 2. The normalized spacial score (nSPS) is 31.4. The van der Waals surface area contributed by atoms with Crippen LogP contribution in [0.3, 0.4) is 0 Å². The van der Waals surface area contributed by atoms with E-state index >= 15 is 0 Å². The lowest BCUT2D eigenvalue weighted by atomic mass is 9.43. The molecule has 6 aliphatic rings. The minimum absolute atomic E-state index is 0.0545. The molecule has 0 spiro atoms. The summed E-state index contributed by atoms with van der Waals surface area (Å²) < 4.78 is 38.8. The number of alkyl carbamates (subject to hydrolysis) is 1. The highest BCUT2D eigenvalue weighted by Crippen LogP contribution is 2.66. The van der Waals surface area contributed by atoms with Gasteiger partial charge in [-0.15, -0.1) is 0 Å². The molecule has 0 aromatic heterocycles. The van der Waals surface area contributed by atoms with E-state index in [2.05, 4.69) is 24.5 Å². The molecule has 1 aliphatic heterocycles. The molecule has 5 aliphatic carbocycles. The summed E-state index contributed by atoms with van der Waals surface area (Å²) in [7, 11) is 4.65. The molecule has 2 amide bonds. The number of nitrogens with one attached hydrogen (secondary N) is 2. The number of hydrogen-bond donors (Lipinski definition) is 3. The second-order valence-corrected chi connectivity index (χ2v) is 18.2. The Labute approximate surface area is 340 Å². The van der Waals surface area contributed by atoms with Crippen molar-refractivity contribution in [2.45, 2.75) is 115 Å². The number of methoxy groups -OCH3 is 3. The molecule has 2 aromatic rings. The maximum absolute atomic E-state index is 13.2. The van der Waals surface area contributed by atoms with Gasteiger partial charge in [0.25, 0.3) is 0 Å². The standard InChI is InChI=1S/C44H59N3O11/c1-42-18-28-19-43(2,23-42)25-44(20-28,24-42)47-41(51)56-22-31(45)39(49)57-33-9-7-6-8-32(33)46-40(50)58-35-13-11-27(17-37(35)54-5)15-30-29(21-55-38(30)48)14-26-10-12-34(52-3)36(16-26)53-4/h10-13,16-17,28-33H,6-9,14-15,18-25,45H2,1-5H3,(H,46,50)(H,47,51)/t28?,29-,30+,31-,32-,33-,42?,43?,44?/m0/s1. The zero-order valence-corrected chi connectivity index (χ0v) is 34.4. The topological polar surface area (TPSA) is 183 Å². The molecule has 58 heavy (non-hydrogen) atoms. The van der Waals surface area contributed by atoms with Crippen molar-refractivity contribution in [1.29, 1.82) is 0 Å². The van der Waals surface area contributed by atoms with E-state index in [0.29, 0.717) is 55.5 Å². The molecule has 0 radical (unpaired) electrons. The maximum Gasteiger partial charge on any atom is 0.413 e. The Morgan fingerprint density at radius 1 is 0.828 bits per heavy atom. The summed E-state index contributed by atoms with van der Waals surface area (Å²) >= 11 is 0. The fourth-order valence-electron chi connectivity index (χ4n) is 11.5. The SMILES string of the molecule is COc1ccc(C[C@H]2COC(=O)[C@@H]2Cc2ccc(OC(=O)N[C@H]3CCCC[C@@H]3OC(=O)[C@@H](N)COC(=O)NC34CC5CC(C)(CC(C)(C5)C3)C4)c(OC)c2)cc1OC. The van der Waals surface area contributed by atoms with Crippen LogP contribution in [-0.2, 0) is 36.6 Å². The third-order valence-corrected chi connectivity index (χ3v) is 13.1. The molecular formula is C44H59N3O11. The largest absolute Gasteiger partial charge is 0.493 e. The van der Waals surface area contributed by atoms with Crippen molar-refractivity contribution in [2.24, 2.45) is 34.3 Å². The Balaban J connectivity index is 0.894. The van der Waals surface area contributed by atoms with Crippen LogP contribution in [0.25, 0.3) is 0 Å². The Kier molecular flexibility index (Phi) is 12.1. The maximum atomic E-state index is 13.2. The number of carbonyl (C=O) groups is 4. The summed E-state index contributed by atoms with van der Waals surface area (Å²) in [5, 5.41) is 6.04. The van der Waals surface area contributed by atoms with Crippen LogP contribution in [0.5, 0.6) is 23.0 Å². The van der Waals surface area contributed by atoms with Gasteiger partial charge in [-0.1, -0.05) is 32.4 Å². The van der Waals surface area contributed by atoms with Crippen LogP contribution in [0.15, 0.2) is 36.4 Å². The van der Waals surface area contributed by atoms with Crippen LogP contribution in [0.2, 0.25) is 0 Å². The second-order valence-electron chi connectivity index (χ2n) is 18.2. The van der Waals surface area contributed by atoms with E-state index in [1.807, 2.05) is 18.2 Å². The van der Waals surface area contributed by atoms with E-state index in [4.69, 9.17) is 38.9 Å². The summed E-state index contributed by atoms with van der Waals surface area (Å²) in [6.45, 7) is 4.66. The van der Waals surface area contributed by atoms with Crippen LogP contribution in [-0.4, -0.2) is 82.4 Å². The van der Waals surface area contributed by atoms with Gasteiger partial charge in [-0.2, -0.15) is 0 Å². The van der Waals surface area contributed by atoms with E-state index in [9.17, 15) is 19.2 Å². The molecule has 6 fully saturated rings. The monoisotopic (exact) mass is 805 g/mol. The number of benzene rings is 2. The number of hydrogen-bond acceptors (Lipinski definition) is 12. The molecule has 8 rings (SSSR count). The summed E-state index contributed by atoms with van der Waals surface area (Å²) in [6.07, 6.45) is 8.27. The first-order chi connectivity index (χ1) is 27.7. The van der Waals surface area contributed by atoms with Gasteiger partial charge in [0.15, 0.2) is 23.0 Å².